The van der Waals surface area contributed by atoms with Gasteiger partial charge in [-0.15, -0.1) is 0 Å². The van der Waals surface area contributed by atoms with Crippen LogP contribution >= 0.6 is 0 Å². The minimum atomic E-state index is 0.900. The minimum absolute atomic E-state index is 0.900. The van der Waals surface area contributed by atoms with Crippen LogP contribution < -0.4 is 0 Å². The van der Waals surface area contributed by atoms with Crippen molar-refractivity contribution in [2.45, 2.75) is 0 Å². The third kappa shape index (κ3) is 3.19. The Bertz CT molecular complexity index is 2410. The molecule has 41 heavy (non-hydrogen) atoms. The molecule has 4 nitrogen and oxygen atoms in total. The fraction of sp³-hybridized carbons (Fsp3) is 0. The number of nitrogens with zero attached hydrogens (tertiary/aromatic N) is 3. The first-order valence-corrected chi connectivity index (χ1v) is 13.8. The van der Waals surface area contributed by atoms with E-state index < -0.39 is 0 Å². The molecule has 0 N–H and O–H groups in total. The monoisotopic (exact) mass is 525 g/mol. The molecule has 192 valence electrons. The third-order valence-electron chi connectivity index (χ3n) is 8.13. The normalized spacial score (nSPS) is 11.9. The standard InChI is InChI=1S/C37H23N3O/c1-2-10-24(11-3-1)37-38-30-14-6-8-16-32(30)40(37)26-20-18-25(19-21-26)39-31-15-7-4-12-27(31)28-22-23-34-35(36(28)39)29-13-5-9-17-33(29)41-34/h1-23H. The lowest BCUT2D eigenvalue weighted by Gasteiger charge is -2.13. The van der Waals surface area contributed by atoms with E-state index in [9.17, 15) is 0 Å². The van der Waals surface area contributed by atoms with Gasteiger partial charge in [-0.1, -0.05) is 78.9 Å². The maximum atomic E-state index is 6.29. The van der Waals surface area contributed by atoms with Gasteiger partial charge in [0.05, 0.1) is 27.5 Å². The van der Waals surface area contributed by atoms with Crippen molar-refractivity contribution in [3.8, 4) is 22.8 Å². The first-order valence-electron chi connectivity index (χ1n) is 13.8. The summed E-state index contributed by atoms with van der Waals surface area (Å²) in [6.07, 6.45) is 0. The van der Waals surface area contributed by atoms with E-state index in [0.29, 0.717) is 0 Å². The zero-order chi connectivity index (χ0) is 26.9. The van der Waals surface area contributed by atoms with Crippen LogP contribution in [-0.4, -0.2) is 14.1 Å². The van der Waals surface area contributed by atoms with Gasteiger partial charge in [0.1, 0.15) is 17.0 Å². The Hall–Kier alpha value is -5.61. The Labute approximate surface area is 235 Å². The van der Waals surface area contributed by atoms with Crippen molar-refractivity contribution < 1.29 is 4.42 Å². The molecule has 4 heteroatoms. The van der Waals surface area contributed by atoms with E-state index in [1.54, 1.807) is 0 Å². The Balaban J connectivity index is 1.31. The number of furan rings is 1. The first-order chi connectivity index (χ1) is 20.3. The topological polar surface area (TPSA) is 35.9 Å². The number of para-hydroxylation sites is 4. The van der Waals surface area contributed by atoms with Crippen LogP contribution in [0.5, 0.6) is 0 Å². The van der Waals surface area contributed by atoms with Gasteiger partial charge in [-0.3, -0.25) is 4.57 Å². The lowest BCUT2D eigenvalue weighted by atomic mass is 10.1. The van der Waals surface area contributed by atoms with Gasteiger partial charge >= 0.3 is 0 Å². The van der Waals surface area contributed by atoms with Crippen molar-refractivity contribution in [3.05, 3.63) is 140 Å². The smallest absolute Gasteiger partial charge is 0.145 e. The van der Waals surface area contributed by atoms with Crippen LogP contribution in [0.25, 0.3) is 77.5 Å². The van der Waals surface area contributed by atoms with E-state index in [2.05, 4.69) is 124 Å². The lowest BCUT2D eigenvalue weighted by molar-refractivity contribution is 0.669. The lowest BCUT2D eigenvalue weighted by Crippen LogP contribution is -1.99. The van der Waals surface area contributed by atoms with Crippen LogP contribution in [0, 0.1) is 0 Å². The summed E-state index contributed by atoms with van der Waals surface area (Å²) in [6, 6.07) is 48.8. The van der Waals surface area contributed by atoms with Gasteiger partial charge in [0, 0.05) is 33.1 Å². The maximum Gasteiger partial charge on any atom is 0.145 e. The summed E-state index contributed by atoms with van der Waals surface area (Å²) in [5.41, 5.74) is 9.47. The van der Waals surface area contributed by atoms with E-state index in [4.69, 9.17) is 9.40 Å². The molecule has 0 saturated carbocycles. The zero-order valence-electron chi connectivity index (χ0n) is 22.0. The van der Waals surface area contributed by atoms with Gasteiger partial charge in [0.15, 0.2) is 0 Å². The van der Waals surface area contributed by atoms with Crippen molar-refractivity contribution in [1.82, 2.24) is 14.1 Å². The van der Waals surface area contributed by atoms with E-state index in [1.807, 2.05) is 24.3 Å². The highest BCUT2D eigenvalue weighted by Gasteiger charge is 2.19. The molecule has 0 amide bonds. The van der Waals surface area contributed by atoms with Crippen LogP contribution in [-0.2, 0) is 0 Å². The van der Waals surface area contributed by atoms with Crippen molar-refractivity contribution in [2.75, 3.05) is 0 Å². The van der Waals surface area contributed by atoms with Gasteiger partial charge in [-0.25, -0.2) is 4.98 Å². The van der Waals surface area contributed by atoms with Gasteiger partial charge in [0.2, 0.25) is 0 Å². The number of hydrogen-bond donors (Lipinski definition) is 0. The van der Waals surface area contributed by atoms with Gasteiger partial charge in [0.25, 0.3) is 0 Å². The van der Waals surface area contributed by atoms with Crippen molar-refractivity contribution in [1.29, 1.82) is 0 Å². The number of rotatable bonds is 3. The minimum Gasteiger partial charge on any atom is -0.456 e. The van der Waals surface area contributed by atoms with E-state index in [1.165, 1.54) is 21.8 Å². The van der Waals surface area contributed by atoms with E-state index in [-0.39, 0.29) is 0 Å². The Morgan fingerprint density at radius 2 is 1.12 bits per heavy atom. The van der Waals surface area contributed by atoms with Crippen LogP contribution in [0.4, 0.5) is 0 Å². The molecule has 3 aromatic heterocycles. The summed E-state index contributed by atoms with van der Waals surface area (Å²) >= 11 is 0. The average molecular weight is 526 g/mol. The summed E-state index contributed by atoms with van der Waals surface area (Å²) in [4.78, 5) is 5.02. The van der Waals surface area contributed by atoms with Crippen LogP contribution in [0.3, 0.4) is 0 Å². The molecule has 0 atom stereocenters. The summed E-state index contributed by atoms with van der Waals surface area (Å²) < 4.78 is 10.9. The molecule has 0 unspecified atom stereocenters. The van der Waals surface area contributed by atoms with E-state index in [0.717, 1.165) is 55.7 Å². The Kier molecular flexibility index (Phi) is 4.58. The molecule has 6 aromatic carbocycles. The largest absolute Gasteiger partial charge is 0.456 e. The number of hydrogen-bond acceptors (Lipinski definition) is 2. The highest BCUT2D eigenvalue weighted by Crippen LogP contribution is 2.41. The highest BCUT2D eigenvalue weighted by atomic mass is 16.3. The Morgan fingerprint density at radius 3 is 1.95 bits per heavy atom. The summed E-state index contributed by atoms with van der Waals surface area (Å²) in [5.74, 6) is 0.933. The van der Waals surface area contributed by atoms with Crippen molar-refractivity contribution in [2.24, 2.45) is 0 Å². The predicted octanol–water partition coefficient (Wildman–Crippen LogP) is 9.69. The average Bonchev–Trinajstić information content (AvgIpc) is 3.71. The molecule has 0 spiro atoms. The van der Waals surface area contributed by atoms with Gasteiger partial charge < -0.3 is 8.98 Å². The summed E-state index contributed by atoms with van der Waals surface area (Å²) in [7, 11) is 0. The molecule has 0 aliphatic carbocycles. The van der Waals surface area contributed by atoms with Crippen molar-refractivity contribution in [3.63, 3.8) is 0 Å². The van der Waals surface area contributed by atoms with Gasteiger partial charge in [-0.05, 0) is 60.7 Å². The summed E-state index contributed by atoms with van der Waals surface area (Å²) in [6.45, 7) is 0. The third-order valence-corrected chi connectivity index (χ3v) is 8.13. The number of fused-ring (bicyclic) bond motifs is 8. The van der Waals surface area contributed by atoms with Crippen LogP contribution in [0.2, 0.25) is 0 Å². The fourth-order valence-electron chi connectivity index (χ4n) is 6.35. The summed E-state index contributed by atoms with van der Waals surface area (Å²) in [5, 5.41) is 4.72. The molecular formula is C37H23N3O. The molecule has 9 aromatic rings. The first kappa shape index (κ1) is 22.2. The molecule has 9 rings (SSSR count). The second-order valence-electron chi connectivity index (χ2n) is 10.4. The maximum absolute atomic E-state index is 6.29. The zero-order valence-corrected chi connectivity index (χ0v) is 22.0. The predicted molar refractivity (Wildman–Crippen MR) is 168 cm³/mol. The second kappa shape index (κ2) is 8.44. The fourth-order valence-corrected chi connectivity index (χ4v) is 6.35. The van der Waals surface area contributed by atoms with E-state index >= 15 is 0 Å². The molecule has 0 aliphatic heterocycles. The highest BCUT2D eigenvalue weighted by molar-refractivity contribution is 6.24. The SMILES string of the molecule is c1ccc(-c2nc3ccccc3n2-c2ccc(-n3c4ccccc4c4ccc5oc6ccccc6c5c43)cc2)cc1. The number of benzene rings is 6. The number of imidazole rings is 1. The quantitative estimate of drug-likeness (QED) is 0.230. The molecular weight excluding hydrogens is 502 g/mol. The van der Waals surface area contributed by atoms with Gasteiger partial charge in [-0.2, -0.15) is 0 Å². The van der Waals surface area contributed by atoms with Crippen molar-refractivity contribution >= 4 is 54.8 Å². The number of aromatic nitrogens is 3. The molecule has 0 aliphatic rings. The van der Waals surface area contributed by atoms with Crippen LogP contribution in [0.15, 0.2) is 144 Å². The molecule has 0 bridgehead atoms. The molecule has 0 fully saturated rings. The molecule has 0 saturated heterocycles. The molecule has 0 radical (unpaired) electrons. The van der Waals surface area contributed by atoms with Crippen LogP contribution in [0.1, 0.15) is 0 Å². The molecule has 3 heterocycles. The Morgan fingerprint density at radius 1 is 0.463 bits per heavy atom. The second-order valence-corrected chi connectivity index (χ2v) is 10.4.